The summed E-state index contributed by atoms with van der Waals surface area (Å²) >= 11 is 0. The molecule has 0 unspecified atom stereocenters. The molecule has 0 aliphatic rings. The van der Waals surface area contributed by atoms with Crippen LogP contribution in [0.2, 0.25) is 0 Å². The lowest BCUT2D eigenvalue weighted by atomic mass is 9.89. The summed E-state index contributed by atoms with van der Waals surface area (Å²) in [7, 11) is 0. The first-order chi connectivity index (χ1) is 10.8. The number of benzene rings is 5. The highest BCUT2D eigenvalue weighted by atomic mass is 14.4. The van der Waals surface area contributed by atoms with E-state index >= 15 is 0 Å². The first-order valence-corrected chi connectivity index (χ1v) is 7.31. The third kappa shape index (κ3) is 1.25. The summed E-state index contributed by atoms with van der Waals surface area (Å²) in [5, 5.41) is 26.1. The van der Waals surface area contributed by atoms with E-state index in [-0.39, 0.29) is 5.36 Å². The summed E-state index contributed by atoms with van der Waals surface area (Å²) in [6.45, 7) is 0. The van der Waals surface area contributed by atoms with Crippen LogP contribution in [0.3, 0.4) is 0 Å². The molecule has 0 aromatic heterocycles. The number of hydrogen-bond donors (Lipinski definition) is 2. The van der Waals surface area contributed by atoms with Crippen molar-refractivity contribution in [2.24, 2.45) is 0 Å². The van der Waals surface area contributed by atoms with Crippen molar-refractivity contribution in [2.45, 2.75) is 0 Å². The predicted octanol–water partition coefficient (Wildman–Crippen LogP) is 4.13. The van der Waals surface area contributed by atoms with Gasteiger partial charge in [-0.2, -0.15) is 0 Å². The molecule has 22 heavy (non-hydrogen) atoms. The van der Waals surface area contributed by atoms with Gasteiger partial charge in [0.1, 0.15) is 0 Å². The Bertz CT molecular complexity index is 1300. The van der Waals surface area contributed by atoms with E-state index in [2.05, 4.69) is 36.4 Å². The lowest BCUT2D eigenvalue weighted by Gasteiger charge is -2.13. The summed E-state index contributed by atoms with van der Waals surface area (Å²) in [5.74, 6) is 0. The molecule has 0 amide bonds. The number of fused-ring (bicyclic) bond motifs is 2. The molecule has 2 heteroatoms. The Labute approximate surface area is 126 Å². The smallest absolute Gasteiger partial charge is 0.0874 e. The first-order valence-electron chi connectivity index (χ1n) is 7.31. The van der Waals surface area contributed by atoms with Crippen LogP contribution < -0.4 is 10.7 Å². The fourth-order valence-corrected chi connectivity index (χ4v) is 3.72. The second-order valence-corrected chi connectivity index (χ2v) is 5.79. The molecular formula is C20H12N2. The summed E-state index contributed by atoms with van der Waals surface area (Å²) in [6, 6.07) is 20.6. The molecule has 0 radical (unpaired) electrons. The number of nitrogens with one attached hydrogen (secondary N) is 2. The van der Waals surface area contributed by atoms with Gasteiger partial charge in [0.2, 0.25) is 0 Å². The van der Waals surface area contributed by atoms with Crippen molar-refractivity contribution in [1.29, 1.82) is 10.8 Å². The van der Waals surface area contributed by atoms with Gasteiger partial charge in [-0.05, 0) is 43.8 Å². The molecule has 5 rings (SSSR count). The van der Waals surface area contributed by atoms with E-state index in [4.69, 9.17) is 10.8 Å². The Morgan fingerprint density at radius 2 is 1.14 bits per heavy atom. The Morgan fingerprint density at radius 3 is 1.86 bits per heavy atom. The zero-order valence-electron chi connectivity index (χ0n) is 11.8. The van der Waals surface area contributed by atoms with Crippen LogP contribution in [0.5, 0.6) is 0 Å². The topological polar surface area (TPSA) is 47.7 Å². The highest BCUT2D eigenvalue weighted by Crippen LogP contribution is 2.37. The van der Waals surface area contributed by atoms with E-state index in [1.807, 2.05) is 18.2 Å². The van der Waals surface area contributed by atoms with Crippen LogP contribution in [-0.2, 0) is 0 Å². The van der Waals surface area contributed by atoms with Crippen molar-refractivity contribution in [3.63, 3.8) is 0 Å². The summed E-state index contributed by atoms with van der Waals surface area (Å²) < 4.78 is 0. The average molecular weight is 280 g/mol. The maximum atomic E-state index is 8.43. The molecule has 0 spiro atoms. The zero-order valence-corrected chi connectivity index (χ0v) is 11.8. The zero-order chi connectivity index (χ0) is 14.8. The quantitative estimate of drug-likeness (QED) is 0.316. The second kappa shape index (κ2) is 3.80. The average Bonchev–Trinajstić information content (AvgIpc) is 2.55. The fraction of sp³-hybridized carbons (Fsp3) is 0. The summed E-state index contributed by atoms with van der Waals surface area (Å²) in [5.41, 5.74) is 0. The van der Waals surface area contributed by atoms with Gasteiger partial charge in [0.05, 0.1) is 10.7 Å². The van der Waals surface area contributed by atoms with Crippen LogP contribution in [0.15, 0.2) is 60.7 Å². The van der Waals surface area contributed by atoms with Crippen molar-refractivity contribution in [3.05, 3.63) is 71.4 Å². The van der Waals surface area contributed by atoms with Gasteiger partial charge >= 0.3 is 0 Å². The van der Waals surface area contributed by atoms with Gasteiger partial charge < -0.3 is 0 Å². The largest absolute Gasteiger partial charge is 0.299 e. The van der Waals surface area contributed by atoms with E-state index in [9.17, 15) is 0 Å². The summed E-state index contributed by atoms with van der Waals surface area (Å²) in [6.07, 6.45) is 0. The molecule has 0 aliphatic carbocycles. The van der Waals surface area contributed by atoms with Crippen molar-refractivity contribution in [1.82, 2.24) is 0 Å². The van der Waals surface area contributed by atoms with Gasteiger partial charge in [-0.25, -0.2) is 0 Å². The minimum Gasteiger partial charge on any atom is -0.299 e. The lowest BCUT2D eigenvalue weighted by molar-refractivity contribution is 1.17. The Balaban J connectivity index is 2.38. The minimum atomic E-state index is 0.288. The SMILES string of the molecule is N=c1cc2cccc3c4cccc5cccc(c(c1=N)c23)c54. The molecule has 102 valence electrons. The van der Waals surface area contributed by atoms with Crippen LogP contribution in [0.4, 0.5) is 0 Å². The van der Waals surface area contributed by atoms with Gasteiger partial charge in [-0.15, -0.1) is 0 Å². The predicted molar refractivity (Wildman–Crippen MR) is 90.5 cm³/mol. The Hall–Kier alpha value is -3.00. The van der Waals surface area contributed by atoms with Gasteiger partial charge in [0.15, 0.2) is 0 Å². The molecule has 0 saturated carbocycles. The minimum absolute atomic E-state index is 0.288. The maximum absolute atomic E-state index is 8.43. The lowest BCUT2D eigenvalue weighted by Crippen LogP contribution is -2.23. The number of rotatable bonds is 0. The standard InChI is InChI=1S/C20H12N2/c21-16-10-12-6-3-8-14-13-7-1-4-11-5-2-9-15(17(11)13)19(18(12)14)20(16)22/h1-10,21-22H. The van der Waals surface area contributed by atoms with Gasteiger partial charge in [0, 0.05) is 5.39 Å². The van der Waals surface area contributed by atoms with Gasteiger partial charge in [0.25, 0.3) is 0 Å². The highest BCUT2D eigenvalue weighted by Gasteiger charge is 2.13. The third-order valence-corrected chi connectivity index (χ3v) is 4.63. The number of hydrogen-bond acceptors (Lipinski definition) is 2. The van der Waals surface area contributed by atoms with Gasteiger partial charge in [-0.1, -0.05) is 54.6 Å². The van der Waals surface area contributed by atoms with E-state index in [1.54, 1.807) is 6.07 Å². The van der Waals surface area contributed by atoms with Crippen LogP contribution in [-0.4, -0.2) is 0 Å². The normalized spacial score (nSPS) is 12.0. The molecule has 0 saturated heterocycles. The molecule has 2 nitrogen and oxygen atoms in total. The van der Waals surface area contributed by atoms with Crippen molar-refractivity contribution < 1.29 is 0 Å². The summed E-state index contributed by atoms with van der Waals surface area (Å²) in [4.78, 5) is 0. The van der Waals surface area contributed by atoms with E-state index < -0.39 is 0 Å². The van der Waals surface area contributed by atoms with Crippen molar-refractivity contribution in [2.75, 3.05) is 0 Å². The Morgan fingerprint density at radius 1 is 0.545 bits per heavy atom. The van der Waals surface area contributed by atoms with Crippen LogP contribution in [0.1, 0.15) is 0 Å². The maximum Gasteiger partial charge on any atom is 0.0874 e. The van der Waals surface area contributed by atoms with Crippen LogP contribution in [0.25, 0.3) is 43.1 Å². The molecule has 0 bridgehead atoms. The molecule has 0 atom stereocenters. The van der Waals surface area contributed by atoms with Crippen molar-refractivity contribution >= 4 is 43.1 Å². The van der Waals surface area contributed by atoms with Gasteiger partial charge in [-0.3, -0.25) is 10.8 Å². The Kier molecular flexibility index (Phi) is 2.01. The van der Waals surface area contributed by atoms with E-state index in [1.165, 1.54) is 21.5 Å². The fourth-order valence-electron chi connectivity index (χ4n) is 3.72. The monoisotopic (exact) mass is 280 g/mol. The molecule has 5 aromatic rings. The molecule has 0 heterocycles. The second-order valence-electron chi connectivity index (χ2n) is 5.79. The van der Waals surface area contributed by atoms with Crippen LogP contribution >= 0.6 is 0 Å². The van der Waals surface area contributed by atoms with Crippen LogP contribution in [0, 0.1) is 10.8 Å². The van der Waals surface area contributed by atoms with Crippen molar-refractivity contribution in [3.8, 4) is 0 Å². The molecule has 0 aliphatic heterocycles. The molecule has 5 aromatic carbocycles. The van der Waals surface area contributed by atoms with E-state index in [0.29, 0.717) is 5.36 Å². The molecule has 0 fully saturated rings. The third-order valence-electron chi connectivity index (χ3n) is 4.63. The molecular weight excluding hydrogens is 268 g/mol. The highest BCUT2D eigenvalue weighted by molar-refractivity contribution is 6.32. The van der Waals surface area contributed by atoms with E-state index in [0.717, 1.165) is 21.5 Å². The first kappa shape index (κ1) is 11.6. The molecule has 2 N–H and O–H groups in total.